The molecule has 1 saturated heterocycles. The van der Waals surface area contributed by atoms with Gasteiger partial charge in [0.05, 0.1) is 19.1 Å². The Kier molecular flexibility index (Phi) is 4.83. The average molecular weight is 394 g/mol. The molecule has 0 bridgehead atoms. The third-order valence-electron chi connectivity index (χ3n) is 6.18. The van der Waals surface area contributed by atoms with E-state index >= 15 is 0 Å². The zero-order chi connectivity index (χ0) is 19.8. The van der Waals surface area contributed by atoms with E-state index in [0.29, 0.717) is 13.0 Å². The van der Waals surface area contributed by atoms with Crippen molar-refractivity contribution in [1.29, 1.82) is 0 Å². The van der Waals surface area contributed by atoms with Crippen LogP contribution < -0.4 is 14.8 Å². The van der Waals surface area contributed by atoms with E-state index in [1.54, 1.807) is 7.11 Å². The lowest BCUT2D eigenvalue weighted by molar-refractivity contribution is -0.138. The minimum Gasteiger partial charge on any atom is -0.497 e. The monoisotopic (exact) mass is 394 g/mol. The highest BCUT2D eigenvalue weighted by Crippen LogP contribution is 2.35. The van der Waals surface area contributed by atoms with Crippen LogP contribution in [0.25, 0.3) is 0 Å². The number of likely N-dealkylation sites (tertiary alicyclic amines) is 1. The van der Waals surface area contributed by atoms with Gasteiger partial charge in [-0.1, -0.05) is 0 Å². The Hall–Kier alpha value is -2.67. The van der Waals surface area contributed by atoms with Gasteiger partial charge >= 0.3 is 0 Å². The second-order valence-corrected chi connectivity index (χ2v) is 8.00. The number of aromatic nitrogens is 2. The smallest absolute Gasteiger partial charge is 0.230 e. The van der Waals surface area contributed by atoms with Gasteiger partial charge in [-0.15, -0.1) is 0 Å². The van der Waals surface area contributed by atoms with Gasteiger partial charge in [-0.3, -0.25) is 4.79 Å². The van der Waals surface area contributed by atoms with Gasteiger partial charge in [0.25, 0.3) is 0 Å². The number of benzene rings is 1. The molecular weight excluding hydrogens is 368 g/mol. The van der Waals surface area contributed by atoms with Crippen LogP contribution in [0.15, 0.2) is 24.4 Å². The van der Waals surface area contributed by atoms with Crippen LogP contribution in [0.5, 0.6) is 11.5 Å². The van der Waals surface area contributed by atoms with E-state index in [2.05, 4.69) is 10.3 Å². The molecule has 152 valence electrons. The minimum absolute atomic E-state index is 0.0330. The lowest BCUT2D eigenvalue weighted by Gasteiger charge is -2.31. The molecule has 1 N–H and O–H groups in total. The number of nitrogens with one attached hydrogen (secondary N) is 1. The van der Waals surface area contributed by atoms with Crippen molar-refractivity contribution in [1.82, 2.24) is 20.2 Å². The van der Waals surface area contributed by atoms with Crippen molar-refractivity contribution in [2.45, 2.75) is 38.3 Å². The molecule has 7 nitrogen and oxygen atoms in total. The first-order valence-electron chi connectivity index (χ1n) is 10.4. The molecular formula is C22H26N4O3. The number of carbonyl (C=O) groups is 1. The summed E-state index contributed by atoms with van der Waals surface area (Å²) in [4.78, 5) is 24.8. The van der Waals surface area contributed by atoms with E-state index in [4.69, 9.17) is 14.5 Å². The van der Waals surface area contributed by atoms with Crippen molar-refractivity contribution in [3.05, 3.63) is 47.0 Å². The highest BCUT2D eigenvalue weighted by molar-refractivity contribution is 5.80. The Morgan fingerprint density at radius 2 is 2.28 bits per heavy atom. The number of rotatable bonds is 3. The maximum Gasteiger partial charge on any atom is 0.230 e. The first-order valence-corrected chi connectivity index (χ1v) is 10.4. The quantitative estimate of drug-likeness (QED) is 0.859. The van der Waals surface area contributed by atoms with E-state index in [-0.39, 0.29) is 17.9 Å². The number of ether oxygens (including phenoxy) is 2. The zero-order valence-corrected chi connectivity index (χ0v) is 16.7. The van der Waals surface area contributed by atoms with Crippen molar-refractivity contribution in [3.63, 3.8) is 0 Å². The van der Waals surface area contributed by atoms with Crippen LogP contribution in [0.1, 0.15) is 41.5 Å². The second kappa shape index (κ2) is 7.63. The molecule has 2 aromatic rings. The highest BCUT2D eigenvalue weighted by Gasteiger charge is 2.37. The minimum atomic E-state index is -0.183. The van der Waals surface area contributed by atoms with Gasteiger partial charge in [0, 0.05) is 43.5 Å². The molecule has 29 heavy (non-hydrogen) atoms. The highest BCUT2D eigenvalue weighted by atomic mass is 16.5. The maximum absolute atomic E-state index is 13.4. The van der Waals surface area contributed by atoms with Crippen molar-refractivity contribution in [2.75, 3.05) is 26.8 Å². The van der Waals surface area contributed by atoms with E-state index in [1.807, 2.05) is 29.3 Å². The van der Waals surface area contributed by atoms with Crippen molar-refractivity contribution >= 4 is 5.91 Å². The fourth-order valence-corrected chi connectivity index (χ4v) is 4.60. The Labute approximate surface area is 170 Å². The van der Waals surface area contributed by atoms with E-state index < -0.39 is 0 Å². The van der Waals surface area contributed by atoms with Crippen LogP contribution in [-0.2, 0) is 24.2 Å². The van der Waals surface area contributed by atoms with Crippen molar-refractivity contribution in [2.24, 2.45) is 5.92 Å². The number of carbonyl (C=O) groups excluding carboxylic acids is 1. The predicted octanol–water partition coefficient (Wildman–Crippen LogP) is 2.05. The number of hydrogen-bond acceptors (Lipinski definition) is 6. The molecule has 7 heteroatoms. The molecule has 2 unspecified atom stereocenters. The number of amides is 1. The lowest BCUT2D eigenvalue weighted by Crippen LogP contribution is -2.41. The van der Waals surface area contributed by atoms with Crippen LogP contribution >= 0.6 is 0 Å². The summed E-state index contributed by atoms with van der Waals surface area (Å²) in [5.74, 6) is 2.38. The summed E-state index contributed by atoms with van der Waals surface area (Å²) in [5, 5.41) is 3.35. The Morgan fingerprint density at radius 3 is 3.17 bits per heavy atom. The molecule has 0 spiro atoms. The Morgan fingerprint density at radius 1 is 1.34 bits per heavy atom. The SMILES string of the molecule is COc1ccc2c(c1)CC(C(=O)N1CCCC1c1ncc3c(n1)CCNC3)CO2. The van der Waals surface area contributed by atoms with E-state index in [0.717, 1.165) is 67.5 Å². The lowest BCUT2D eigenvalue weighted by atomic mass is 9.95. The Balaban J connectivity index is 1.35. The first kappa shape index (κ1) is 18.4. The zero-order valence-electron chi connectivity index (χ0n) is 16.7. The third-order valence-corrected chi connectivity index (χ3v) is 6.18. The topological polar surface area (TPSA) is 76.6 Å². The van der Waals surface area contributed by atoms with Crippen LogP contribution in [-0.4, -0.2) is 47.6 Å². The summed E-state index contributed by atoms with van der Waals surface area (Å²) in [6.45, 7) is 2.94. The van der Waals surface area contributed by atoms with Gasteiger partial charge in [0.2, 0.25) is 5.91 Å². The van der Waals surface area contributed by atoms with Gasteiger partial charge in [0.1, 0.15) is 18.1 Å². The normalized spacial score (nSPS) is 23.1. The molecule has 5 rings (SSSR count). The van der Waals surface area contributed by atoms with Crippen LogP contribution in [0.4, 0.5) is 0 Å². The molecule has 0 aliphatic carbocycles. The first-order chi connectivity index (χ1) is 14.2. The number of fused-ring (bicyclic) bond motifs is 2. The number of nitrogens with zero attached hydrogens (tertiary/aromatic N) is 3. The van der Waals surface area contributed by atoms with Crippen LogP contribution in [0.3, 0.4) is 0 Å². The number of methoxy groups -OCH3 is 1. The maximum atomic E-state index is 13.4. The molecule has 3 aliphatic rings. The fourth-order valence-electron chi connectivity index (χ4n) is 4.60. The van der Waals surface area contributed by atoms with Crippen molar-refractivity contribution in [3.8, 4) is 11.5 Å². The van der Waals surface area contributed by atoms with Gasteiger partial charge in [-0.2, -0.15) is 0 Å². The molecule has 0 radical (unpaired) electrons. The summed E-state index contributed by atoms with van der Waals surface area (Å²) in [5.41, 5.74) is 3.32. The average Bonchev–Trinajstić information content (AvgIpc) is 3.27. The van der Waals surface area contributed by atoms with Crippen molar-refractivity contribution < 1.29 is 14.3 Å². The van der Waals surface area contributed by atoms with E-state index in [1.165, 1.54) is 5.56 Å². The summed E-state index contributed by atoms with van der Waals surface area (Å²) < 4.78 is 11.2. The second-order valence-electron chi connectivity index (χ2n) is 8.00. The molecule has 2 atom stereocenters. The summed E-state index contributed by atoms with van der Waals surface area (Å²) in [6, 6.07) is 5.75. The fraction of sp³-hybridized carbons (Fsp3) is 0.500. The number of hydrogen-bond donors (Lipinski definition) is 1. The summed E-state index contributed by atoms with van der Waals surface area (Å²) in [7, 11) is 1.65. The Bertz CT molecular complexity index is 932. The van der Waals surface area contributed by atoms with Gasteiger partial charge in [-0.25, -0.2) is 9.97 Å². The molecule has 1 amide bonds. The third kappa shape index (κ3) is 3.44. The van der Waals surface area contributed by atoms with Crippen LogP contribution in [0.2, 0.25) is 0 Å². The van der Waals surface area contributed by atoms with E-state index in [9.17, 15) is 4.79 Å². The summed E-state index contributed by atoms with van der Waals surface area (Å²) in [6.07, 6.45) is 5.42. The molecule has 1 aromatic carbocycles. The van der Waals surface area contributed by atoms with Gasteiger partial charge < -0.3 is 19.7 Å². The predicted molar refractivity (Wildman–Crippen MR) is 107 cm³/mol. The molecule has 1 aromatic heterocycles. The van der Waals surface area contributed by atoms with Gasteiger partial charge in [0.15, 0.2) is 5.82 Å². The largest absolute Gasteiger partial charge is 0.497 e. The van der Waals surface area contributed by atoms with Gasteiger partial charge in [-0.05, 0) is 43.0 Å². The van der Waals surface area contributed by atoms with Crippen LogP contribution in [0, 0.1) is 5.92 Å². The molecule has 4 heterocycles. The summed E-state index contributed by atoms with van der Waals surface area (Å²) >= 11 is 0. The molecule has 0 saturated carbocycles. The molecule has 1 fully saturated rings. The molecule has 3 aliphatic heterocycles. The standard InChI is InChI=1S/C22H26N4O3/c1-28-17-4-5-20-14(10-17)9-15(13-29-20)22(27)26-8-2-3-19(26)21-24-12-16-11-23-7-6-18(16)25-21/h4-5,10,12,15,19,23H,2-3,6-9,11,13H2,1H3.